The summed E-state index contributed by atoms with van der Waals surface area (Å²) >= 11 is 0. The molecule has 0 aliphatic carbocycles. The fourth-order valence-electron chi connectivity index (χ4n) is 8.84. The highest BCUT2D eigenvalue weighted by molar-refractivity contribution is 6.14. The molecule has 290 valence electrons. The highest BCUT2D eigenvalue weighted by atomic mass is 16.3. The summed E-state index contributed by atoms with van der Waals surface area (Å²) in [6.07, 6.45) is 0. The van der Waals surface area contributed by atoms with E-state index >= 15 is 0 Å². The lowest BCUT2D eigenvalue weighted by Gasteiger charge is -2.14. The standard InChI is InChI=1S/C57H36N4O/c1-5-17-37(18-6-1)42-31-43(38-19-7-2-8-20-38)33-44(32-42)45-34-49-48-30-29-41(57-59-55(39-21-9-3-10-22-39)58-56(60-57)40-23-11-4-12-24-40)36-53(48)62-54(49)52(35-45)61-50-27-15-13-25-46(50)47-26-14-16-28-51(47)61/h1-36H. The number of rotatable bonds is 7. The number of benzene rings is 9. The lowest BCUT2D eigenvalue weighted by atomic mass is 9.92. The number of furan rings is 1. The lowest BCUT2D eigenvalue weighted by molar-refractivity contribution is 0.666. The van der Waals surface area contributed by atoms with Gasteiger partial charge in [0.25, 0.3) is 0 Å². The van der Waals surface area contributed by atoms with Gasteiger partial charge in [-0.1, -0.05) is 164 Å². The van der Waals surface area contributed by atoms with Gasteiger partial charge in [-0.2, -0.15) is 0 Å². The highest BCUT2D eigenvalue weighted by Gasteiger charge is 2.21. The third-order valence-electron chi connectivity index (χ3n) is 11.8. The zero-order valence-electron chi connectivity index (χ0n) is 33.5. The summed E-state index contributed by atoms with van der Waals surface area (Å²) in [5.41, 5.74) is 14.3. The molecule has 5 nitrogen and oxygen atoms in total. The molecule has 0 unspecified atom stereocenters. The molecule has 0 radical (unpaired) electrons. The van der Waals surface area contributed by atoms with Crippen LogP contribution in [0.4, 0.5) is 0 Å². The molecule has 3 heterocycles. The average Bonchev–Trinajstić information content (AvgIpc) is 3.90. The largest absolute Gasteiger partial charge is 0.454 e. The van der Waals surface area contributed by atoms with Gasteiger partial charge in [0.1, 0.15) is 5.58 Å². The molecule has 0 amide bonds. The molecule has 12 rings (SSSR count). The zero-order valence-corrected chi connectivity index (χ0v) is 33.5. The number of para-hydroxylation sites is 2. The maximum absolute atomic E-state index is 7.08. The zero-order chi connectivity index (χ0) is 41.0. The summed E-state index contributed by atoms with van der Waals surface area (Å²) < 4.78 is 9.45. The van der Waals surface area contributed by atoms with Crippen molar-refractivity contribution in [2.75, 3.05) is 0 Å². The van der Waals surface area contributed by atoms with Crippen molar-refractivity contribution < 1.29 is 4.42 Å². The van der Waals surface area contributed by atoms with Crippen molar-refractivity contribution in [2.24, 2.45) is 0 Å². The molecule has 0 saturated carbocycles. The quantitative estimate of drug-likeness (QED) is 0.161. The average molecular weight is 793 g/mol. The van der Waals surface area contributed by atoms with Crippen LogP contribution in [-0.4, -0.2) is 19.5 Å². The van der Waals surface area contributed by atoms with Crippen molar-refractivity contribution in [3.8, 4) is 73.2 Å². The van der Waals surface area contributed by atoms with Gasteiger partial charge in [0, 0.05) is 38.2 Å². The minimum absolute atomic E-state index is 0.578. The van der Waals surface area contributed by atoms with Gasteiger partial charge in [-0.3, -0.25) is 0 Å². The molecule has 0 N–H and O–H groups in total. The van der Waals surface area contributed by atoms with E-state index in [-0.39, 0.29) is 0 Å². The van der Waals surface area contributed by atoms with E-state index in [4.69, 9.17) is 19.4 Å². The van der Waals surface area contributed by atoms with Gasteiger partial charge >= 0.3 is 0 Å². The van der Waals surface area contributed by atoms with Crippen molar-refractivity contribution in [1.82, 2.24) is 19.5 Å². The van der Waals surface area contributed by atoms with E-state index in [9.17, 15) is 0 Å². The van der Waals surface area contributed by atoms with Crippen LogP contribution in [0.2, 0.25) is 0 Å². The number of nitrogens with zero attached hydrogens (tertiary/aromatic N) is 4. The topological polar surface area (TPSA) is 56.7 Å². The minimum atomic E-state index is 0.578. The van der Waals surface area contributed by atoms with E-state index in [0.717, 1.165) is 77.6 Å². The monoisotopic (exact) mass is 792 g/mol. The fraction of sp³-hybridized carbons (Fsp3) is 0. The molecule has 0 fully saturated rings. The van der Waals surface area contributed by atoms with Gasteiger partial charge in [0.05, 0.1) is 16.7 Å². The maximum Gasteiger partial charge on any atom is 0.164 e. The van der Waals surface area contributed by atoms with Crippen LogP contribution < -0.4 is 0 Å². The van der Waals surface area contributed by atoms with E-state index in [0.29, 0.717) is 17.5 Å². The van der Waals surface area contributed by atoms with Crippen LogP contribution in [-0.2, 0) is 0 Å². The van der Waals surface area contributed by atoms with Crippen LogP contribution in [0.5, 0.6) is 0 Å². The van der Waals surface area contributed by atoms with Gasteiger partial charge in [-0.05, 0) is 88.0 Å². The van der Waals surface area contributed by atoms with Gasteiger partial charge in [0.15, 0.2) is 23.1 Å². The van der Waals surface area contributed by atoms with Crippen LogP contribution in [0.1, 0.15) is 0 Å². The highest BCUT2D eigenvalue weighted by Crippen LogP contribution is 2.43. The van der Waals surface area contributed by atoms with Crippen molar-refractivity contribution >= 4 is 43.7 Å². The van der Waals surface area contributed by atoms with Gasteiger partial charge in [0.2, 0.25) is 0 Å². The number of hydrogen-bond donors (Lipinski definition) is 0. The summed E-state index contributed by atoms with van der Waals surface area (Å²) in [6.45, 7) is 0. The molecule has 0 bridgehead atoms. The van der Waals surface area contributed by atoms with E-state index in [1.165, 1.54) is 21.9 Å². The Balaban J connectivity index is 1.12. The summed E-state index contributed by atoms with van der Waals surface area (Å²) in [5.74, 6) is 1.81. The Morgan fingerprint density at radius 3 is 1.23 bits per heavy atom. The van der Waals surface area contributed by atoms with Crippen LogP contribution in [0.25, 0.3) is 117 Å². The smallest absolute Gasteiger partial charge is 0.164 e. The Labute approximate surface area is 357 Å². The summed E-state index contributed by atoms with van der Waals surface area (Å²) in [4.78, 5) is 15.0. The Kier molecular flexibility index (Phi) is 8.42. The van der Waals surface area contributed by atoms with Crippen LogP contribution in [0.3, 0.4) is 0 Å². The van der Waals surface area contributed by atoms with Gasteiger partial charge < -0.3 is 8.98 Å². The Morgan fingerprint density at radius 1 is 0.290 bits per heavy atom. The minimum Gasteiger partial charge on any atom is -0.454 e. The van der Waals surface area contributed by atoms with E-state index < -0.39 is 0 Å². The SMILES string of the molecule is c1ccc(-c2cc(-c3ccccc3)cc(-c3cc(-n4c5ccccc5c5ccccc54)c4oc5cc(-c6nc(-c7ccccc7)nc(-c7ccccc7)n6)ccc5c4c3)c2)cc1. The van der Waals surface area contributed by atoms with Gasteiger partial charge in [-0.25, -0.2) is 15.0 Å². The van der Waals surface area contributed by atoms with Crippen molar-refractivity contribution in [3.63, 3.8) is 0 Å². The van der Waals surface area contributed by atoms with Crippen molar-refractivity contribution in [3.05, 3.63) is 218 Å². The maximum atomic E-state index is 7.08. The molecule has 62 heavy (non-hydrogen) atoms. The second kappa shape index (κ2) is 14.7. The molecular formula is C57H36N4O. The molecule has 0 spiro atoms. The second-order valence-electron chi connectivity index (χ2n) is 15.6. The molecule has 0 aliphatic heterocycles. The Morgan fingerprint density at radius 2 is 0.710 bits per heavy atom. The number of fused-ring (bicyclic) bond motifs is 6. The normalized spacial score (nSPS) is 11.5. The molecule has 5 heteroatoms. The number of aromatic nitrogens is 4. The van der Waals surface area contributed by atoms with Crippen molar-refractivity contribution in [1.29, 1.82) is 0 Å². The predicted octanol–water partition coefficient (Wildman–Crippen LogP) is 14.9. The lowest BCUT2D eigenvalue weighted by Crippen LogP contribution is -2.00. The third-order valence-corrected chi connectivity index (χ3v) is 11.8. The Bertz CT molecular complexity index is 3450. The van der Waals surface area contributed by atoms with E-state index in [2.05, 4.69) is 162 Å². The fourth-order valence-corrected chi connectivity index (χ4v) is 8.84. The van der Waals surface area contributed by atoms with Crippen LogP contribution in [0.15, 0.2) is 223 Å². The first-order chi connectivity index (χ1) is 30.7. The molecule has 3 aromatic heterocycles. The first kappa shape index (κ1) is 35.5. The van der Waals surface area contributed by atoms with Gasteiger partial charge in [-0.15, -0.1) is 0 Å². The van der Waals surface area contributed by atoms with Crippen LogP contribution in [0, 0.1) is 0 Å². The molecule has 12 aromatic rings. The number of hydrogen-bond acceptors (Lipinski definition) is 4. The predicted molar refractivity (Wildman–Crippen MR) is 254 cm³/mol. The van der Waals surface area contributed by atoms with E-state index in [1.54, 1.807) is 0 Å². The summed E-state index contributed by atoms with van der Waals surface area (Å²) in [6, 6.07) is 76.5. The molecule has 0 atom stereocenters. The Hall–Kier alpha value is -8.41. The van der Waals surface area contributed by atoms with Crippen LogP contribution >= 0.6 is 0 Å². The molecular weight excluding hydrogens is 757 g/mol. The molecule has 9 aromatic carbocycles. The first-order valence-corrected chi connectivity index (χ1v) is 20.8. The molecule has 0 saturated heterocycles. The third kappa shape index (κ3) is 6.14. The second-order valence-corrected chi connectivity index (χ2v) is 15.6. The summed E-state index contributed by atoms with van der Waals surface area (Å²) in [7, 11) is 0. The van der Waals surface area contributed by atoms with Crippen molar-refractivity contribution in [2.45, 2.75) is 0 Å². The summed E-state index contributed by atoms with van der Waals surface area (Å²) in [5, 5.41) is 4.42. The van der Waals surface area contributed by atoms with E-state index in [1.807, 2.05) is 60.7 Å². The molecule has 0 aliphatic rings. The first-order valence-electron chi connectivity index (χ1n) is 20.8.